The van der Waals surface area contributed by atoms with E-state index in [1.54, 1.807) is 18.5 Å². The van der Waals surface area contributed by atoms with Gasteiger partial charge in [-0.1, -0.05) is 12.1 Å². The number of hydrogen-bond acceptors (Lipinski definition) is 7. The number of benzene rings is 1. The second-order valence-corrected chi connectivity index (χ2v) is 10.5. The van der Waals surface area contributed by atoms with Gasteiger partial charge in [-0.3, -0.25) is 0 Å². The Morgan fingerprint density at radius 3 is 2.78 bits per heavy atom. The van der Waals surface area contributed by atoms with Crippen molar-refractivity contribution in [1.82, 2.24) is 29.6 Å². The van der Waals surface area contributed by atoms with Crippen LogP contribution in [0.4, 0.5) is 0 Å². The predicted molar refractivity (Wildman–Crippen MR) is 117 cm³/mol. The van der Waals surface area contributed by atoms with Gasteiger partial charge in [0.15, 0.2) is 0 Å². The van der Waals surface area contributed by atoms with Gasteiger partial charge < -0.3 is 9.09 Å². The van der Waals surface area contributed by atoms with Crippen LogP contribution in [-0.4, -0.2) is 39.4 Å². The molecule has 0 saturated heterocycles. The molecule has 2 aromatic heterocycles. The predicted octanol–water partition coefficient (Wildman–Crippen LogP) is 3.54. The second kappa shape index (κ2) is 8.40. The van der Waals surface area contributed by atoms with Crippen LogP contribution in [0, 0.1) is 6.92 Å². The van der Waals surface area contributed by atoms with Gasteiger partial charge in [0.1, 0.15) is 12.2 Å². The third-order valence-corrected chi connectivity index (χ3v) is 8.09. The Balaban J connectivity index is 1.35. The van der Waals surface area contributed by atoms with Crippen molar-refractivity contribution in [3.05, 3.63) is 41.8 Å². The molecule has 2 fully saturated rings. The molecular weight excluding hydrogens is 428 g/mol. The van der Waals surface area contributed by atoms with Gasteiger partial charge in [0.2, 0.25) is 21.7 Å². The molecule has 10 heteroatoms. The lowest BCUT2D eigenvalue weighted by molar-refractivity contribution is 0.302. The maximum Gasteiger partial charge on any atom is 0.241 e. The van der Waals surface area contributed by atoms with Crippen molar-refractivity contribution in [3.63, 3.8) is 0 Å². The van der Waals surface area contributed by atoms with Gasteiger partial charge in [-0.15, -0.1) is 10.2 Å². The maximum atomic E-state index is 13.3. The van der Waals surface area contributed by atoms with Crippen LogP contribution in [0.1, 0.15) is 74.7 Å². The number of aromatic nitrogens is 5. The van der Waals surface area contributed by atoms with Crippen LogP contribution in [-0.2, 0) is 16.4 Å². The third-order valence-electron chi connectivity index (χ3n) is 6.47. The molecule has 32 heavy (non-hydrogen) atoms. The number of sulfonamides is 1. The standard InChI is InChI=1S/C22H28N6O3S/c1-3-15-11-17(21-24-22(31-26-21)16-7-8-16)9-10-20(15)32(29,30)27-18-5-4-6-19(12-18)28-13-23-25-14(28)2/h9-11,13,16,18-19,27H,3-8,12H2,1-2H3/t18-,19+/m0/s1. The molecular formula is C22H28N6O3S. The first-order valence-corrected chi connectivity index (χ1v) is 12.8. The molecule has 0 radical (unpaired) electrons. The van der Waals surface area contributed by atoms with Crippen molar-refractivity contribution in [2.75, 3.05) is 0 Å². The molecule has 0 spiro atoms. The molecule has 5 rings (SSSR count). The van der Waals surface area contributed by atoms with Crippen molar-refractivity contribution in [3.8, 4) is 11.4 Å². The molecule has 2 saturated carbocycles. The summed E-state index contributed by atoms with van der Waals surface area (Å²) in [6.07, 6.45) is 8.00. The van der Waals surface area contributed by atoms with Gasteiger partial charge in [0.05, 0.1) is 4.90 Å². The Kier molecular flexibility index (Phi) is 5.58. The summed E-state index contributed by atoms with van der Waals surface area (Å²) in [4.78, 5) is 4.80. The Morgan fingerprint density at radius 2 is 2.06 bits per heavy atom. The Hall–Kier alpha value is -2.59. The van der Waals surface area contributed by atoms with Gasteiger partial charge >= 0.3 is 0 Å². The van der Waals surface area contributed by atoms with E-state index in [9.17, 15) is 8.42 Å². The molecule has 9 nitrogen and oxygen atoms in total. The lowest BCUT2D eigenvalue weighted by Gasteiger charge is -2.30. The summed E-state index contributed by atoms with van der Waals surface area (Å²) in [6.45, 7) is 3.88. The van der Waals surface area contributed by atoms with Gasteiger partial charge in [-0.2, -0.15) is 4.98 Å². The molecule has 1 N–H and O–H groups in total. The molecule has 2 heterocycles. The van der Waals surface area contributed by atoms with Crippen LogP contribution >= 0.6 is 0 Å². The van der Waals surface area contributed by atoms with Crippen LogP contribution in [0.3, 0.4) is 0 Å². The summed E-state index contributed by atoms with van der Waals surface area (Å²) in [5, 5.41) is 12.1. The molecule has 170 valence electrons. The van der Waals surface area contributed by atoms with Crippen LogP contribution in [0.5, 0.6) is 0 Å². The van der Waals surface area contributed by atoms with Crippen molar-refractivity contribution in [2.45, 2.75) is 81.7 Å². The summed E-state index contributed by atoms with van der Waals surface area (Å²) < 4.78 is 37.0. The average molecular weight is 457 g/mol. The highest BCUT2D eigenvalue weighted by Crippen LogP contribution is 2.39. The number of aryl methyl sites for hydroxylation is 2. The van der Waals surface area contributed by atoms with Crippen LogP contribution in [0.2, 0.25) is 0 Å². The quantitative estimate of drug-likeness (QED) is 0.578. The molecule has 0 unspecified atom stereocenters. The second-order valence-electron chi connectivity index (χ2n) is 8.83. The minimum Gasteiger partial charge on any atom is -0.339 e. The SMILES string of the molecule is CCc1cc(-c2noc(C3CC3)n2)ccc1S(=O)(=O)N[C@H]1CCC[C@@H](n2cnnc2C)C1. The van der Waals surface area contributed by atoms with Crippen molar-refractivity contribution >= 4 is 10.0 Å². The van der Waals surface area contributed by atoms with Crippen LogP contribution < -0.4 is 4.72 Å². The van der Waals surface area contributed by atoms with E-state index in [0.29, 0.717) is 28.9 Å². The minimum atomic E-state index is -3.66. The number of rotatable bonds is 7. The summed E-state index contributed by atoms with van der Waals surface area (Å²) in [7, 11) is -3.66. The Labute approximate surface area is 187 Å². The largest absolute Gasteiger partial charge is 0.339 e. The first-order valence-electron chi connectivity index (χ1n) is 11.3. The van der Waals surface area contributed by atoms with Gasteiger partial charge in [-0.05, 0) is 75.6 Å². The van der Waals surface area contributed by atoms with Gasteiger partial charge in [0, 0.05) is 23.6 Å². The number of hydrogen-bond donors (Lipinski definition) is 1. The van der Waals surface area contributed by atoms with E-state index in [0.717, 1.165) is 55.5 Å². The monoisotopic (exact) mass is 456 g/mol. The van der Waals surface area contributed by atoms with E-state index in [-0.39, 0.29) is 12.1 Å². The lowest BCUT2D eigenvalue weighted by atomic mass is 9.91. The summed E-state index contributed by atoms with van der Waals surface area (Å²) in [5.41, 5.74) is 1.52. The van der Waals surface area contributed by atoms with Gasteiger partial charge in [0.25, 0.3) is 0 Å². The molecule has 0 aliphatic heterocycles. The average Bonchev–Trinajstić information content (AvgIpc) is 3.35. The highest BCUT2D eigenvalue weighted by molar-refractivity contribution is 7.89. The number of nitrogens with one attached hydrogen (secondary N) is 1. The summed E-state index contributed by atoms with van der Waals surface area (Å²) >= 11 is 0. The minimum absolute atomic E-state index is 0.122. The molecule has 1 aromatic carbocycles. The highest BCUT2D eigenvalue weighted by Gasteiger charge is 2.31. The zero-order valence-corrected chi connectivity index (χ0v) is 19.2. The van der Waals surface area contributed by atoms with E-state index >= 15 is 0 Å². The van der Waals surface area contributed by atoms with Crippen molar-refractivity contribution in [2.24, 2.45) is 0 Å². The first-order chi connectivity index (χ1) is 15.4. The fraction of sp³-hybridized carbons (Fsp3) is 0.545. The van der Waals surface area contributed by atoms with E-state index < -0.39 is 10.0 Å². The lowest BCUT2D eigenvalue weighted by Crippen LogP contribution is -2.39. The molecule has 3 aromatic rings. The van der Waals surface area contributed by atoms with E-state index in [1.807, 2.05) is 24.5 Å². The Morgan fingerprint density at radius 1 is 1.22 bits per heavy atom. The smallest absolute Gasteiger partial charge is 0.241 e. The Bertz CT molecular complexity index is 1210. The highest BCUT2D eigenvalue weighted by atomic mass is 32.2. The summed E-state index contributed by atoms with van der Waals surface area (Å²) in [5.74, 6) is 2.42. The van der Waals surface area contributed by atoms with E-state index in [2.05, 4.69) is 25.1 Å². The van der Waals surface area contributed by atoms with Crippen molar-refractivity contribution in [1.29, 1.82) is 0 Å². The van der Waals surface area contributed by atoms with Crippen LogP contribution in [0.25, 0.3) is 11.4 Å². The number of nitrogens with zero attached hydrogens (tertiary/aromatic N) is 5. The summed E-state index contributed by atoms with van der Waals surface area (Å²) in [6, 6.07) is 5.37. The normalized spacial score (nSPS) is 21.7. The van der Waals surface area contributed by atoms with Gasteiger partial charge in [-0.25, -0.2) is 13.1 Å². The van der Waals surface area contributed by atoms with E-state index in [1.165, 1.54) is 0 Å². The molecule has 2 aliphatic carbocycles. The fourth-order valence-electron chi connectivity index (χ4n) is 4.57. The van der Waals surface area contributed by atoms with Crippen molar-refractivity contribution < 1.29 is 12.9 Å². The topological polar surface area (TPSA) is 116 Å². The third kappa shape index (κ3) is 4.21. The molecule has 0 bridgehead atoms. The van der Waals surface area contributed by atoms with Crippen LogP contribution in [0.15, 0.2) is 33.9 Å². The zero-order valence-electron chi connectivity index (χ0n) is 18.4. The first kappa shape index (κ1) is 21.3. The molecule has 0 amide bonds. The molecule has 2 aliphatic rings. The molecule has 2 atom stereocenters. The zero-order chi connectivity index (χ0) is 22.3. The maximum absolute atomic E-state index is 13.3. The van der Waals surface area contributed by atoms with E-state index in [4.69, 9.17) is 4.52 Å². The fourth-order valence-corrected chi connectivity index (χ4v) is 6.15.